The number of anilines is 1. The Morgan fingerprint density at radius 2 is 2.14 bits per heavy atom. The summed E-state index contributed by atoms with van der Waals surface area (Å²) in [5.41, 5.74) is 1.08. The Balaban J connectivity index is 1.98. The number of nitrogens with one attached hydrogen (secondary N) is 2. The average Bonchev–Trinajstić information content (AvgIpc) is 2.95. The highest BCUT2D eigenvalue weighted by Gasteiger charge is 2.37. The van der Waals surface area contributed by atoms with Crippen molar-refractivity contribution < 1.29 is 4.74 Å². The third kappa shape index (κ3) is 4.23. The van der Waals surface area contributed by atoms with Crippen LogP contribution in [-0.4, -0.2) is 17.3 Å². The minimum Gasteiger partial charge on any atom is -0.489 e. The highest BCUT2D eigenvalue weighted by molar-refractivity contribution is 7.80. The van der Waals surface area contributed by atoms with E-state index in [-0.39, 0.29) is 5.54 Å². The molecule has 1 aliphatic rings. The molecule has 120 valence electrons. The van der Waals surface area contributed by atoms with Crippen LogP contribution in [0.25, 0.3) is 0 Å². The number of ether oxygens (including phenoxy) is 1. The summed E-state index contributed by atoms with van der Waals surface area (Å²) in [4.78, 5) is 0. The van der Waals surface area contributed by atoms with Crippen molar-refractivity contribution in [3.63, 3.8) is 0 Å². The monoisotopic (exact) mass is 318 g/mol. The first-order chi connectivity index (χ1) is 10.6. The molecule has 1 aromatic rings. The molecule has 2 N–H and O–H groups in total. The molecule has 1 fully saturated rings. The van der Waals surface area contributed by atoms with Gasteiger partial charge in [0.1, 0.15) is 12.4 Å². The van der Waals surface area contributed by atoms with E-state index in [0.717, 1.165) is 11.4 Å². The zero-order valence-corrected chi connectivity index (χ0v) is 14.3. The van der Waals surface area contributed by atoms with Crippen molar-refractivity contribution in [3.05, 3.63) is 36.9 Å². The first-order valence-electron chi connectivity index (χ1n) is 7.99. The largest absolute Gasteiger partial charge is 0.489 e. The summed E-state index contributed by atoms with van der Waals surface area (Å²) in [7, 11) is 0. The first-order valence-corrected chi connectivity index (χ1v) is 8.39. The van der Waals surface area contributed by atoms with Gasteiger partial charge >= 0.3 is 0 Å². The zero-order valence-electron chi connectivity index (χ0n) is 13.5. The van der Waals surface area contributed by atoms with Crippen molar-refractivity contribution in [3.8, 4) is 5.75 Å². The topological polar surface area (TPSA) is 33.3 Å². The van der Waals surface area contributed by atoms with Gasteiger partial charge in [-0.2, -0.15) is 0 Å². The number of thiocarbonyl (C=S) groups is 1. The molecule has 0 heterocycles. The maximum absolute atomic E-state index is 5.55. The van der Waals surface area contributed by atoms with E-state index < -0.39 is 0 Å². The molecule has 4 heteroatoms. The molecule has 0 saturated heterocycles. The van der Waals surface area contributed by atoms with Crippen molar-refractivity contribution in [1.82, 2.24) is 5.32 Å². The molecule has 0 aliphatic heterocycles. The van der Waals surface area contributed by atoms with Gasteiger partial charge in [-0.1, -0.05) is 45.4 Å². The van der Waals surface area contributed by atoms with Gasteiger partial charge in [0.05, 0.1) is 0 Å². The molecule has 2 rings (SSSR count). The van der Waals surface area contributed by atoms with E-state index in [1.807, 2.05) is 24.3 Å². The Bertz CT molecular complexity index is 522. The number of rotatable bonds is 6. The minimum atomic E-state index is 0.140. The fourth-order valence-corrected chi connectivity index (χ4v) is 3.38. The van der Waals surface area contributed by atoms with Crippen molar-refractivity contribution in [2.45, 2.75) is 45.1 Å². The van der Waals surface area contributed by atoms with Crippen LogP contribution in [-0.2, 0) is 0 Å². The highest BCUT2D eigenvalue weighted by atomic mass is 32.1. The van der Waals surface area contributed by atoms with Crippen LogP contribution in [0.4, 0.5) is 5.69 Å². The van der Waals surface area contributed by atoms with Crippen molar-refractivity contribution in [2.24, 2.45) is 5.92 Å². The lowest BCUT2D eigenvalue weighted by atomic mass is 9.85. The second-order valence-corrected chi connectivity index (χ2v) is 6.63. The van der Waals surface area contributed by atoms with Crippen molar-refractivity contribution in [2.75, 3.05) is 11.9 Å². The maximum Gasteiger partial charge on any atom is 0.171 e. The highest BCUT2D eigenvalue weighted by Crippen LogP contribution is 2.35. The van der Waals surface area contributed by atoms with Crippen LogP contribution in [0.3, 0.4) is 0 Å². The molecule has 0 atom stereocenters. The van der Waals surface area contributed by atoms with Gasteiger partial charge in [0.2, 0.25) is 0 Å². The average molecular weight is 318 g/mol. The quantitative estimate of drug-likeness (QED) is 0.597. The van der Waals surface area contributed by atoms with Gasteiger partial charge in [-0.3, -0.25) is 0 Å². The van der Waals surface area contributed by atoms with Crippen LogP contribution >= 0.6 is 12.2 Å². The van der Waals surface area contributed by atoms with Gasteiger partial charge in [-0.25, -0.2) is 0 Å². The first kappa shape index (κ1) is 16.8. The summed E-state index contributed by atoms with van der Waals surface area (Å²) in [6.45, 7) is 8.70. The third-order valence-electron chi connectivity index (χ3n) is 4.42. The second kappa shape index (κ2) is 7.63. The fourth-order valence-electron chi connectivity index (χ4n) is 3.06. The Morgan fingerprint density at radius 1 is 1.41 bits per heavy atom. The molecule has 0 spiro atoms. The van der Waals surface area contributed by atoms with E-state index in [1.165, 1.54) is 25.7 Å². The maximum atomic E-state index is 5.55. The molecular weight excluding hydrogens is 292 g/mol. The van der Waals surface area contributed by atoms with E-state index in [9.17, 15) is 0 Å². The standard InChI is InChI=1S/C18H26N2OS/c1-4-12-21-16-9-7-8-15(13-16)19-17(22)20-18(14(2)3)10-5-6-11-18/h4,7-9,13-14H,1,5-6,10-12H2,2-3H3,(H2,19,20,22). The molecule has 0 bridgehead atoms. The summed E-state index contributed by atoms with van der Waals surface area (Å²) >= 11 is 5.52. The lowest BCUT2D eigenvalue weighted by Gasteiger charge is -2.35. The van der Waals surface area contributed by atoms with Crippen LogP contribution in [0.2, 0.25) is 0 Å². The fraction of sp³-hybridized carbons (Fsp3) is 0.500. The molecule has 0 amide bonds. The van der Waals surface area contributed by atoms with Gasteiger partial charge in [-0.15, -0.1) is 0 Å². The molecule has 1 saturated carbocycles. The summed E-state index contributed by atoms with van der Waals surface area (Å²) in [5, 5.41) is 7.54. The molecule has 0 radical (unpaired) electrons. The molecule has 0 aromatic heterocycles. The summed E-state index contributed by atoms with van der Waals surface area (Å²) in [5.74, 6) is 1.38. The van der Waals surface area contributed by atoms with Crippen LogP contribution < -0.4 is 15.4 Å². The third-order valence-corrected chi connectivity index (χ3v) is 4.63. The summed E-state index contributed by atoms with van der Waals surface area (Å²) in [6.07, 6.45) is 6.67. The van der Waals surface area contributed by atoms with Crippen LogP contribution in [0, 0.1) is 5.92 Å². The van der Waals surface area contributed by atoms with Crippen molar-refractivity contribution in [1.29, 1.82) is 0 Å². The number of benzene rings is 1. The zero-order chi connectivity index (χ0) is 16.0. The van der Waals surface area contributed by atoms with E-state index in [1.54, 1.807) is 6.08 Å². The van der Waals surface area contributed by atoms with E-state index in [4.69, 9.17) is 17.0 Å². The Kier molecular flexibility index (Phi) is 5.83. The van der Waals surface area contributed by atoms with E-state index >= 15 is 0 Å². The van der Waals surface area contributed by atoms with Gasteiger partial charge in [0.15, 0.2) is 5.11 Å². The molecule has 3 nitrogen and oxygen atoms in total. The van der Waals surface area contributed by atoms with Crippen molar-refractivity contribution >= 4 is 23.0 Å². The number of hydrogen-bond donors (Lipinski definition) is 2. The predicted octanol–water partition coefficient (Wildman–Crippen LogP) is 4.51. The molecule has 0 unspecified atom stereocenters. The lowest BCUT2D eigenvalue weighted by Crippen LogP contribution is -2.51. The molecule has 22 heavy (non-hydrogen) atoms. The van der Waals surface area contributed by atoms with Gasteiger partial charge in [0.25, 0.3) is 0 Å². The molecular formula is C18H26N2OS. The minimum absolute atomic E-state index is 0.140. The molecule has 1 aromatic carbocycles. The predicted molar refractivity (Wildman–Crippen MR) is 97.5 cm³/mol. The van der Waals surface area contributed by atoms with Gasteiger partial charge in [-0.05, 0) is 43.1 Å². The Labute approximate surface area is 139 Å². The van der Waals surface area contributed by atoms with Gasteiger partial charge in [0, 0.05) is 17.3 Å². The SMILES string of the molecule is C=CCOc1cccc(NC(=S)NC2(C(C)C)CCCC2)c1. The summed E-state index contributed by atoms with van der Waals surface area (Å²) in [6, 6.07) is 7.83. The van der Waals surface area contributed by atoms with Crippen LogP contribution in [0.1, 0.15) is 39.5 Å². The normalized spacial score (nSPS) is 16.3. The summed E-state index contributed by atoms with van der Waals surface area (Å²) < 4.78 is 5.55. The van der Waals surface area contributed by atoms with Crippen LogP contribution in [0.5, 0.6) is 5.75 Å². The Morgan fingerprint density at radius 3 is 2.77 bits per heavy atom. The number of hydrogen-bond acceptors (Lipinski definition) is 2. The van der Waals surface area contributed by atoms with E-state index in [2.05, 4.69) is 31.1 Å². The van der Waals surface area contributed by atoms with Crippen LogP contribution in [0.15, 0.2) is 36.9 Å². The smallest absolute Gasteiger partial charge is 0.171 e. The van der Waals surface area contributed by atoms with Gasteiger partial charge < -0.3 is 15.4 Å². The molecule has 1 aliphatic carbocycles. The lowest BCUT2D eigenvalue weighted by molar-refractivity contribution is 0.283. The van der Waals surface area contributed by atoms with E-state index in [0.29, 0.717) is 17.6 Å². The Hall–Kier alpha value is -1.55. The second-order valence-electron chi connectivity index (χ2n) is 6.22.